The van der Waals surface area contributed by atoms with Gasteiger partial charge in [0.05, 0.1) is 11.7 Å². The van der Waals surface area contributed by atoms with E-state index in [1.54, 1.807) is 6.20 Å². The zero-order valence-corrected chi connectivity index (χ0v) is 10.3. The van der Waals surface area contributed by atoms with Crippen LogP contribution in [0.1, 0.15) is 0 Å². The molecular weight excluding hydrogens is 255 g/mol. The molecule has 4 nitrogen and oxygen atoms in total. The van der Waals surface area contributed by atoms with Gasteiger partial charge in [-0.2, -0.15) is 0 Å². The summed E-state index contributed by atoms with van der Waals surface area (Å²) in [6, 6.07) is 7.36. The van der Waals surface area contributed by atoms with Crippen LogP contribution >= 0.6 is 0 Å². The first-order valence-corrected chi connectivity index (χ1v) is 6.14. The van der Waals surface area contributed by atoms with Crippen molar-refractivity contribution in [2.75, 3.05) is 0 Å². The van der Waals surface area contributed by atoms with Gasteiger partial charge in [-0.05, 0) is 23.8 Å². The summed E-state index contributed by atoms with van der Waals surface area (Å²) in [7, 11) is 0. The highest BCUT2D eigenvalue weighted by molar-refractivity contribution is 5.96. The quantitative estimate of drug-likeness (QED) is 0.574. The highest BCUT2D eigenvalue weighted by Crippen LogP contribution is 2.29. The van der Waals surface area contributed by atoms with Gasteiger partial charge in [0.1, 0.15) is 17.8 Å². The van der Waals surface area contributed by atoms with E-state index >= 15 is 0 Å². The average Bonchev–Trinajstić information content (AvgIpc) is 2.89. The van der Waals surface area contributed by atoms with E-state index in [9.17, 15) is 4.39 Å². The number of benzene rings is 1. The van der Waals surface area contributed by atoms with Crippen molar-refractivity contribution in [3.63, 3.8) is 0 Å². The van der Waals surface area contributed by atoms with Crippen molar-refractivity contribution in [2.24, 2.45) is 0 Å². The second-order valence-corrected chi connectivity index (χ2v) is 4.55. The molecule has 0 atom stereocenters. The number of aromatic amines is 1. The maximum absolute atomic E-state index is 13.4. The van der Waals surface area contributed by atoms with Crippen molar-refractivity contribution in [1.29, 1.82) is 0 Å². The van der Waals surface area contributed by atoms with Crippen molar-refractivity contribution in [2.45, 2.75) is 0 Å². The summed E-state index contributed by atoms with van der Waals surface area (Å²) >= 11 is 0. The van der Waals surface area contributed by atoms with E-state index in [1.807, 2.05) is 24.4 Å². The van der Waals surface area contributed by atoms with Crippen molar-refractivity contribution < 1.29 is 4.39 Å². The first kappa shape index (κ1) is 11.0. The molecule has 3 heterocycles. The number of halogens is 1. The highest BCUT2D eigenvalue weighted by atomic mass is 19.1. The van der Waals surface area contributed by atoms with Crippen LogP contribution in [0.25, 0.3) is 33.1 Å². The summed E-state index contributed by atoms with van der Waals surface area (Å²) in [4.78, 5) is 15.3. The second kappa shape index (κ2) is 4.09. The minimum absolute atomic E-state index is 0.345. The minimum atomic E-state index is -0.345. The minimum Gasteiger partial charge on any atom is -0.346 e. The first-order valence-electron chi connectivity index (χ1n) is 6.14. The molecule has 0 amide bonds. The molecule has 0 fully saturated rings. The van der Waals surface area contributed by atoms with Gasteiger partial charge < -0.3 is 4.98 Å². The molecule has 5 heteroatoms. The smallest absolute Gasteiger partial charge is 0.142 e. The van der Waals surface area contributed by atoms with Crippen molar-refractivity contribution in [3.8, 4) is 11.1 Å². The van der Waals surface area contributed by atoms with Crippen molar-refractivity contribution in [3.05, 3.63) is 55.0 Å². The van der Waals surface area contributed by atoms with Crippen LogP contribution in [-0.4, -0.2) is 19.9 Å². The monoisotopic (exact) mass is 264 g/mol. The van der Waals surface area contributed by atoms with E-state index in [4.69, 9.17) is 0 Å². The Bertz CT molecular complexity index is 929. The fourth-order valence-electron chi connectivity index (χ4n) is 2.37. The van der Waals surface area contributed by atoms with Crippen LogP contribution in [0, 0.1) is 5.82 Å². The van der Waals surface area contributed by atoms with E-state index in [0.29, 0.717) is 5.65 Å². The third-order valence-corrected chi connectivity index (χ3v) is 3.31. The van der Waals surface area contributed by atoms with Gasteiger partial charge in [0.15, 0.2) is 0 Å². The zero-order chi connectivity index (χ0) is 13.5. The lowest BCUT2D eigenvalue weighted by atomic mass is 10.0. The largest absolute Gasteiger partial charge is 0.346 e. The maximum Gasteiger partial charge on any atom is 0.142 e. The standard InChI is InChI=1S/C15H9FN4/c16-11-4-12-13(7-19-15(12)18-6-11)9-1-2-14-10(3-9)5-17-8-20-14/h1-8H,(H,18,19). The lowest BCUT2D eigenvalue weighted by Crippen LogP contribution is -1.83. The average molecular weight is 264 g/mol. The summed E-state index contributed by atoms with van der Waals surface area (Å²) in [5.41, 5.74) is 3.45. The molecule has 0 unspecified atom stereocenters. The van der Waals surface area contributed by atoms with Gasteiger partial charge in [-0.15, -0.1) is 0 Å². The van der Waals surface area contributed by atoms with E-state index in [-0.39, 0.29) is 5.82 Å². The summed E-state index contributed by atoms with van der Waals surface area (Å²) < 4.78 is 13.4. The van der Waals surface area contributed by atoms with Gasteiger partial charge in [0, 0.05) is 28.7 Å². The molecule has 1 N–H and O–H groups in total. The molecule has 4 aromatic rings. The van der Waals surface area contributed by atoms with E-state index < -0.39 is 0 Å². The number of pyridine rings is 1. The molecule has 0 saturated heterocycles. The van der Waals surface area contributed by atoms with Crippen LogP contribution in [0.4, 0.5) is 4.39 Å². The summed E-state index contributed by atoms with van der Waals surface area (Å²) in [5, 5.41) is 1.71. The summed E-state index contributed by atoms with van der Waals surface area (Å²) in [5.74, 6) is -0.345. The highest BCUT2D eigenvalue weighted by Gasteiger charge is 2.09. The van der Waals surface area contributed by atoms with Gasteiger partial charge >= 0.3 is 0 Å². The molecule has 0 bridgehead atoms. The molecule has 0 radical (unpaired) electrons. The van der Waals surface area contributed by atoms with Crippen LogP contribution in [-0.2, 0) is 0 Å². The second-order valence-electron chi connectivity index (χ2n) is 4.55. The number of H-pyrrole nitrogens is 1. The predicted octanol–water partition coefficient (Wildman–Crippen LogP) is 3.31. The van der Waals surface area contributed by atoms with Gasteiger partial charge in [-0.3, -0.25) is 0 Å². The molecule has 20 heavy (non-hydrogen) atoms. The first-order chi connectivity index (χ1) is 9.81. The van der Waals surface area contributed by atoms with Crippen LogP contribution in [0.15, 0.2) is 49.2 Å². The van der Waals surface area contributed by atoms with E-state index in [0.717, 1.165) is 27.4 Å². The summed E-state index contributed by atoms with van der Waals surface area (Å²) in [6.45, 7) is 0. The number of fused-ring (bicyclic) bond motifs is 2. The molecule has 0 spiro atoms. The number of aromatic nitrogens is 4. The molecule has 1 aromatic carbocycles. The van der Waals surface area contributed by atoms with Crippen molar-refractivity contribution >= 4 is 21.9 Å². The number of hydrogen-bond donors (Lipinski definition) is 1. The van der Waals surface area contributed by atoms with Gasteiger partial charge in [-0.1, -0.05) is 6.07 Å². The van der Waals surface area contributed by atoms with Crippen LogP contribution < -0.4 is 0 Å². The van der Waals surface area contributed by atoms with E-state index in [2.05, 4.69) is 19.9 Å². The SMILES string of the molecule is Fc1cnc2[nH]cc(-c3ccc4ncncc4c3)c2c1. The lowest BCUT2D eigenvalue weighted by molar-refractivity contribution is 0.624. The molecule has 0 aliphatic carbocycles. The van der Waals surface area contributed by atoms with Gasteiger partial charge in [0.25, 0.3) is 0 Å². The van der Waals surface area contributed by atoms with Gasteiger partial charge in [0.2, 0.25) is 0 Å². The number of nitrogens with zero attached hydrogens (tertiary/aromatic N) is 3. The normalized spacial score (nSPS) is 11.2. The van der Waals surface area contributed by atoms with Crippen LogP contribution in [0.5, 0.6) is 0 Å². The number of nitrogens with one attached hydrogen (secondary N) is 1. The Balaban J connectivity index is 1.98. The molecule has 0 aliphatic heterocycles. The fourth-order valence-corrected chi connectivity index (χ4v) is 2.37. The summed E-state index contributed by atoms with van der Waals surface area (Å²) in [6.07, 6.45) is 6.32. The Morgan fingerprint density at radius 3 is 2.95 bits per heavy atom. The lowest BCUT2D eigenvalue weighted by Gasteiger charge is -2.02. The van der Waals surface area contributed by atoms with Crippen molar-refractivity contribution in [1.82, 2.24) is 19.9 Å². The van der Waals surface area contributed by atoms with E-state index in [1.165, 1.54) is 18.6 Å². The topological polar surface area (TPSA) is 54.5 Å². The Labute approximate surface area is 113 Å². The maximum atomic E-state index is 13.4. The Kier molecular flexibility index (Phi) is 2.26. The zero-order valence-electron chi connectivity index (χ0n) is 10.3. The molecule has 0 saturated carbocycles. The fraction of sp³-hybridized carbons (Fsp3) is 0. The van der Waals surface area contributed by atoms with Crippen LogP contribution in [0.2, 0.25) is 0 Å². The predicted molar refractivity (Wildman–Crippen MR) is 74.6 cm³/mol. The third kappa shape index (κ3) is 1.64. The molecule has 0 aliphatic rings. The van der Waals surface area contributed by atoms with Crippen LogP contribution in [0.3, 0.4) is 0 Å². The molecule has 96 valence electrons. The molecule has 4 rings (SSSR count). The number of hydrogen-bond acceptors (Lipinski definition) is 3. The Morgan fingerprint density at radius 2 is 2.00 bits per heavy atom. The molecule has 3 aromatic heterocycles. The van der Waals surface area contributed by atoms with Gasteiger partial charge in [-0.25, -0.2) is 19.3 Å². The Hall–Kier alpha value is -2.82. The Morgan fingerprint density at radius 1 is 1.05 bits per heavy atom. The third-order valence-electron chi connectivity index (χ3n) is 3.31. The number of rotatable bonds is 1. The molecular formula is C15H9FN4.